The Bertz CT molecular complexity index is 351. The van der Waals surface area contributed by atoms with E-state index in [1.165, 1.54) is 25.7 Å². The van der Waals surface area contributed by atoms with Crippen molar-refractivity contribution < 1.29 is 9.53 Å². The molecule has 5 heteroatoms. The Morgan fingerprint density at radius 1 is 1.38 bits per heavy atom. The molecule has 0 aromatic heterocycles. The molecule has 3 N–H and O–H groups in total. The Morgan fingerprint density at radius 3 is 2.48 bits per heavy atom. The Balaban J connectivity index is 1.84. The van der Waals surface area contributed by atoms with Crippen LogP contribution in [0.3, 0.4) is 0 Å². The molecule has 0 radical (unpaired) electrons. The largest absolute Gasteiger partial charge is 0.384 e. The van der Waals surface area contributed by atoms with Gasteiger partial charge in [0.2, 0.25) is 5.91 Å². The van der Waals surface area contributed by atoms with Gasteiger partial charge in [-0.05, 0) is 65.0 Å². The number of nitrogens with zero attached hydrogens (tertiary/aromatic N) is 1. The fourth-order valence-electron chi connectivity index (χ4n) is 3.42. The number of nitrogens with one attached hydrogen (secondary N) is 1. The Kier molecular flexibility index (Phi) is 5.63. The van der Waals surface area contributed by atoms with Gasteiger partial charge >= 0.3 is 0 Å². The van der Waals surface area contributed by atoms with Crippen molar-refractivity contribution in [1.82, 2.24) is 10.2 Å². The summed E-state index contributed by atoms with van der Waals surface area (Å²) in [7, 11) is 1.77. The van der Waals surface area contributed by atoms with Gasteiger partial charge in [-0.25, -0.2) is 0 Å². The minimum absolute atomic E-state index is 0.226. The predicted molar refractivity (Wildman–Crippen MR) is 84.0 cm³/mol. The number of likely N-dealkylation sites (tertiary alicyclic amines) is 1. The second-order valence-electron chi connectivity index (χ2n) is 7.10. The van der Waals surface area contributed by atoms with Gasteiger partial charge in [-0.15, -0.1) is 0 Å². The van der Waals surface area contributed by atoms with Crippen molar-refractivity contribution in [2.24, 2.45) is 11.7 Å². The first-order chi connectivity index (χ1) is 9.94. The number of hydrogen-bond donors (Lipinski definition) is 2. The van der Waals surface area contributed by atoms with E-state index in [9.17, 15) is 4.79 Å². The molecule has 1 aliphatic heterocycles. The summed E-state index contributed by atoms with van der Waals surface area (Å²) < 4.78 is 5.25. The summed E-state index contributed by atoms with van der Waals surface area (Å²) in [5.41, 5.74) is 5.07. The van der Waals surface area contributed by atoms with Crippen LogP contribution in [0, 0.1) is 5.92 Å². The number of rotatable bonds is 8. The van der Waals surface area contributed by atoms with E-state index in [1.807, 2.05) is 6.92 Å². The van der Waals surface area contributed by atoms with E-state index in [0.717, 1.165) is 26.1 Å². The molecule has 2 fully saturated rings. The predicted octanol–water partition coefficient (Wildman–Crippen LogP) is 1.12. The fourth-order valence-corrected chi connectivity index (χ4v) is 3.42. The normalized spacial score (nSPS) is 25.5. The van der Waals surface area contributed by atoms with Crippen LogP contribution in [0.2, 0.25) is 0 Å². The average Bonchev–Trinajstić information content (AvgIpc) is 3.23. The summed E-state index contributed by atoms with van der Waals surface area (Å²) >= 11 is 0. The average molecular weight is 297 g/mol. The highest BCUT2D eigenvalue weighted by Crippen LogP contribution is 2.27. The van der Waals surface area contributed by atoms with Crippen LogP contribution in [0.15, 0.2) is 0 Å². The molecule has 2 aliphatic rings. The van der Waals surface area contributed by atoms with E-state index in [4.69, 9.17) is 10.5 Å². The minimum Gasteiger partial charge on any atom is -0.384 e. The number of carbonyl (C=O) groups is 1. The number of piperidine rings is 1. The third-order valence-corrected chi connectivity index (χ3v) is 5.02. The van der Waals surface area contributed by atoms with Crippen LogP contribution in [0.5, 0.6) is 0 Å². The summed E-state index contributed by atoms with van der Waals surface area (Å²) in [6.45, 7) is 7.22. The maximum atomic E-state index is 11.9. The van der Waals surface area contributed by atoms with Crippen molar-refractivity contribution in [2.75, 3.05) is 26.8 Å². The number of amides is 1. The van der Waals surface area contributed by atoms with Crippen molar-refractivity contribution in [2.45, 2.75) is 63.6 Å². The van der Waals surface area contributed by atoms with Gasteiger partial charge in [0, 0.05) is 25.8 Å². The molecule has 2 atom stereocenters. The monoisotopic (exact) mass is 297 g/mol. The molecule has 1 aliphatic carbocycles. The van der Waals surface area contributed by atoms with Crippen LogP contribution in [0.4, 0.5) is 0 Å². The van der Waals surface area contributed by atoms with Crippen molar-refractivity contribution in [3.8, 4) is 0 Å². The second-order valence-corrected chi connectivity index (χ2v) is 7.10. The lowest BCUT2D eigenvalue weighted by Crippen LogP contribution is -2.57. The lowest BCUT2D eigenvalue weighted by atomic mass is 9.89. The lowest BCUT2D eigenvalue weighted by Gasteiger charge is -2.39. The van der Waals surface area contributed by atoms with Gasteiger partial charge in [0.1, 0.15) is 0 Å². The summed E-state index contributed by atoms with van der Waals surface area (Å²) in [6, 6.07) is 0.861. The smallest absolute Gasteiger partial charge is 0.237 e. The van der Waals surface area contributed by atoms with Crippen LogP contribution in [-0.4, -0.2) is 55.2 Å². The first-order valence-electron chi connectivity index (χ1n) is 8.25. The SMILES string of the molecule is COCC1CCN(C(C)CC(C)(NC2CC2)C(N)=O)CC1. The molecule has 0 spiro atoms. The standard InChI is InChI=1S/C16H31N3O2/c1-12(19-8-6-13(7-9-19)11-21-3)10-16(2,15(17)20)18-14-4-5-14/h12-14,18H,4-11H2,1-3H3,(H2,17,20). The van der Waals surface area contributed by atoms with Crippen LogP contribution in [0.25, 0.3) is 0 Å². The maximum Gasteiger partial charge on any atom is 0.237 e. The Morgan fingerprint density at radius 2 is 2.00 bits per heavy atom. The van der Waals surface area contributed by atoms with Gasteiger partial charge in [-0.3, -0.25) is 4.79 Å². The van der Waals surface area contributed by atoms with E-state index in [-0.39, 0.29) is 5.91 Å². The fraction of sp³-hybridized carbons (Fsp3) is 0.938. The molecule has 2 unspecified atom stereocenters. The van der Waals surface area contributed by atoms with Crippen LogP contribution >= 0.6 is 0 Å². The molecular formula is C16H31N3O2. The molecule has 21 heavy (non-hydrogen) atoms. The van der Waals surface area contributed by atoms with Gasteiger partial charge in [0.15, 0.2) is 0 Å². The van der Waals surface area contributed by atoms with E-state index >= 15 is 0 Å². The highest BCUT2D eigenvalue weighted by atomic mass is 16.5. The van der Waals surface area contributed by atoms with E-state index in [2.05, 4.69) is 17.1 Å². The quantitative estimate of drug-likeness (QED) is 0.704. The zero-order valence-electron chi connectivity index (χ0n) is 13.7. The Labute approximate surface area is 128 Å². The number of methoxy groups -OCH3 is 1. The minimum atomic E-state index is -0.579. The maximum absolute atomic E-state index is 11.9. The molecule has 1 saturated carbocycles. The third-order valence-electron chi connectivity index (χ3n) is 5.02. The number of primary amides is 1. The highest BCUT2D eigenvalue weighted by molar-refractivity contribution is 5.84. The number of nitrogens with two attached hydrogens (primary N) is 1. The molecule has 2 rings (SSSR count). The van der Waals surface area contributed by atoms with E-state index in [0.29, 0.717) is 18.0 Å². The molecule has 1 heterocycles. The van der Waals surface area contributed by atoms with Crippen LogP contribution in [0.1, 0.15) is 46.0 Å². The molecule has 0 bridgehead atoms. The molecule has 1 saturated heterocycles. The molecule has 1 amide bonds. The molecule has 0 aromatic carbocycles. The zero-order chi connectivity index (χ0) is 15.5. The third kappa shape index (κ3) is 4.66. The zero-order valence-corrected chi connectivity index (χ0v) is 13.7. The van der Waals surface area contributed by atoms with E-state index < -0.39 is 5.54 Å². The second kappa shape index (κ2) is 7.07. The summed E-state index contributed by atoms with van der Waals surface area (Å²) in [4.78, 5) is 14.4. The molecule has 0 aromatic rings. The summed E-state index contributed by atoms with van der Waals surface area (Å²) in [5, 5.41) is 3.44. The van der Waals surface area contributed by atoms with E-state index in [1.54, 1.807) is 7.11 Å². The molecular weight excluding hydrogens is 266 g/mol. The van der Waals surface area contributed by atoms with Gasteiger partial charge < -0.3 is 20.7 Å². The molecule has 5 nitrogen and oxygen atoms in total. The van der Waals surface area contributed by atoms with Crippen molar-refractivity contribution in [1.29, 1.82) is 0 Å². The van der Waals surface area contributed by atoms with Crippen molar-refractivity contribution >= 4 is 5.91 Å². The number of carbonyl (C=O) groups excluding carboxylic acids is 1. The van der Waals surface area contributed by atoms with Crippen LogP contribution < -0.4 is 11.1 Å². The number of ether oxygens (including phenoxy) is 1. The topological polar surface area (TPSA) is 67.6 Å². The van der Waals surface area contributed by atoms with Gasteiger partial charge in [0.05, 0.1) is 5.54 Å². The molecule has 122 valence electrons. The highest BCUT2D eigenvalue weighted by Gasteiger charge is 2.39. The number of hydrogen-bond acceptors (Lipinski definition) is 4. The lowest BCUT2D eigenvalue weighted by molar-refractivity contribution is -0.124. The van der Waals surface area contributed by atoms with Gasteiger partial charge in [-0.1, -0.05) is 0 Å². The first kappa shape index (κ1) is 16.7. The van der Waals surface area contributed by atoms with Crippen LogP contribution in [-0.2, 0) is 9.53 Å². The summed E-state index contributed by atoms with van der Waals surface area (Å²) in [6.07, 6.45) is 5.48. The first-order valence-corrected chi connectivity index (χ1v) is 8.25. The van der Waals surface area contributed by atoms with Gasteiger partial charge in [0.25, 0.3) is 0 Å². The Hall–Kier alpha value is -0.650. The van der Waals surface area contributed by atoms with Gasteiger partial charge in [-0.2, -0.15) is 0 Å². The summed E-state index contributed by atoms with van der Waals surface area (Å²) in [5.74, 6) is 0.459. The van der Waals surface area contributed by atoms with Crippen molar-refractivity contribution in [3.63, 3.8) is 0 Å². The van der Waals surface area contributed by atoms with Crippen molar-refractivity contribution in [3.05, 3.63) is 0 Å².